The predicted molar refractivity (Wildman–Crippen MR) is 57.6 cm³/mol. The van der Waals surface area contributed by atoms with Crippen molar-refractivity contribution in [1.29, 1.82) is 0 Å². The standard InChI is InChI=1S/C12H19NO/c1-2-3-4-12(14)11-7-5-10(9-13)6-8-11/h1,10-11H,3-9,13H2. The summed E-state index contributed by atoms with van der Waals surface area (Å²) in [4.78, 5) is 11.6. The molecule has 1 aliphatic rings. The van der Waals surface area contributed by atoms with Crippen LogP contribution in [0.2, 0.25) is 0 Å². The van der Waals surface area contributed by atoms with Crippen molar-refractivity contribution in [3.63, 3.8) is 0 Å². The van der Waals surface area contributed by atoms with Gasteiger partial charge in [0.25, 0.3) is 0 Å². The zero-order valence-corrected chi connectivity index (χ0v) is 8.67. The summed E-state index contributed by atoms with van der Waals surface area (Å²) in [5.41, 5.74) is 5.59. The quantitative estimate of drug-likeness (QED) is 0.691. The van der Waals surface area contributed by atoms with Gasteiger partial charge in [0.2, 0.25) is 0 Å². The van der Waals surface area contributed by atoms with Crippen LogP contribution in [0.1, 0.15) is 38.5 Å². The Hall–Kier alpha value is -0.810. The molecule has 0 aromatic carbocycles. The van der Waals surface area contributed by atoms with Crippen LogP contribution in [0.25, 0.3) is 0 Å². The number of terminal acetylenes is 1. The van der Waals surface area contributed by atoms with E-state index in [1.807, 2.05) is 0 Å². The second-order valence-corrected chi connectivity index (χ2v) is 4.12. The normalized spacial score (nSPS) is 26.9. The van der Waals surface area contributed by atoms with Crippen LogP contribution in [0.15, 0.2) is 0 Å². The molecule has 0 saturated heterocycles. The van der Waals surface area contributed by atoms with Crippen LogP contribution in [0.4, 0.5) is 0 Å². The highest BCUT2D eigenvalue weighted by Gasteiger charge is 2.24. The van der Waals surface area contributed by atoms with Crippen LogP contribution in [0.5, 0.6) is 0 Å². The van der Waals surface area contributed by atoms with E-state index in [1.165, 1.54) is 0 Å². The zero-order chi connectivity index (χ0) is 10.4. The maximum Gasteiger partial charge on any atom is 0.136 e. The Bertz CT molecular complexity index is 221. The fraction of sp³-hybridized carbons (Fsp3) is 0.750. The summed E-state index contributed by atoms with van der Waals surface area (Å²) in [5.74, 6) is 3.79. The van der Waals surface area contributed by atoms with Crippen LogP contribution >= 0.6 is 0 Å². The molecule has 0 bridgehead atoms. The Morgan fingerprint density at radius 2 is 2.00 bits per heavy atom. The molecular formula is C12H19NO. The first-order valence-electron chi connectivity index (χ1n) is 5.44. The van der Waals surface area contributed by atoms with Gasteiger partial charge in [0.05, 0.1) is 0 Å². The first kappa shape index (κ1) is 11.3. The Morgan fingerprint density at radius 3 is 2.50 bits per heavy atom. The van der Waals surface area contributed by atoms with Crippen molar-refractivity contribution in [2.45, 2.75) is 38.5 Å². The van der Waals surface area contributed by atoms with Gasteiger partial charge in [0.15, 0.2) is 0 Å². The summed E-state index contributed by atoms with van der Waals surface area (Å²) < 4.78 is 0. The highest BCUT2D eigenvalue weighted by Crippen LogP contribution is 2.29. The topological polar surface area (TPSA) is 43.1 Å². The van der Waals surface area contributed by atoms with Gasteiger partial charge < -0.3 is 5.73 Å². The summed E-state index contributed by atoms with van der Waals surface area (Å²) in [6.07, 6.45) is 10.6. The number of carbonyl (C=O) groups is 1. The molecule has 14 heavy (non-hydrogen) atoms. The van der Waals surface area contributed by atoms with Crippen molar-refractivity contribution in [3.8, 4) is 12.3 Å². The van der Waals surface area contributed by atoms with E-state index in [4.69, 9.17) is 12.2 Å². The van der Waals surface area contributed by atoms with Gasteiger partial charge in [-0.15, -0.1) is 12.3 Å². The van der Waals surface area contributed by atoms with Crippen LogP contribution in [0, 0.1) is 24.2 Å². The molecular weight excluding hydrogens is 174 g/mol. The second kappa shape index (κ2) is 5.82. The number of rotatable bonds is 4. The Balaban J connectivity index is 2.27. The van der Waals surface area contributed by atoms with Gasteiger partial charge in [-0.25, -0.2) is 0 Å². The van der Waals surface area contributed by atoms with E-state index < -0.39 is 0 Å². The maximum atomic E-state index is 11.6. The van der Waals surface area contributed by atoms with Crippen molar-refractivity contribution < 1.29 is 4.79 Å². The van der Waals surface area contributed by atoms with Gasteiger partial charge in [0.1, 0.15) is 5.78 Å². The number of ketones is 1. The van der Waals surface area contributed by atoms with Crippen molar-refractivity contribution >= 4 is 5.78 Å². The predicted octanol–water partition coefficient (Wildman–Crippen LogP) is 1.73. The molecule has 0 aromatic rings. The highest BCUT2D eigenvalue weighted by molar-refractivity contribution is 5.81. The van der Waals surface area contributed by atoms with Crippen molar-refractivity contribution in [2.24, 2.45) is 17.6 Å². The molecule has 0 atom stereocenters. The fourth-order valence-electron chi connectivity index (χ4n) is 2.12. The lowest BCUT2D eigenvalue weighted by molar-refractivity contribution is -0.123. The van der Waals surface area contributed by atoms with E-state index in [-0.39, 0.29) is 5.92 Å². The summed E-state index contributed by atoms with van der Waals surface area (Å²) in [5, 5.41) is 0. The molecule has 1 saturated carbocycles. The Morgan fingerprint density at radius 1 is 1.36 bits per heavy atom. The van der Waals surface area contributed by atoms with E-state index in [2.05, 4.69) is 5.92 Å². The lowest BCUT2D eigenvalue weighted by atomic mass is 9.79. The van der Waals surface area contributed by atoms with Gasteiger partial charge in [-0.2, -0.15) is 0 Å². The van der Waals surface area contributed by atoms with E-state index in [0.717, 1.165) is 32.2 Å². The number of nitrogens with two attached hydrogens (primary N) is 1. The third-order valence-electron chi connectivity index (χ3n) is 3.15. The maximum absolute atomic E-state index is 11.6. The van der Waals surface area contributed by atoms with Gasteiger partial charge in [-0.1, -0.05) is 0 Å². The highest BCUT2D eigenvalue weighted by atomic mass is 16.1. The van der Waals surface area contributed by atoms with Crippen molar-refractivity contribution in [2.75, 3.05) is 6.54 Å². The average molecular weight is 193 g/mol. The smallest absolute Gasteiger partial charge is 0.136 e. The monoisotopic (exact) mass is 193 g/mol. The van der Waals surface area contributed by atoms with E-state index in [1.54, 1.807) is 0 Å². The molecule has 1 fully saturated rings. The van der Waals surface area contributed by atoms with Gasteiger partial charge in [-0.3, -0.25) is 4.79 Å². The molecule has 0 aromatic heterocycles. The third kappa shape index (κ3) is 3.16. The summed E-state index contributed by atoms with van der Waals surface area (Å²) in [7, 11) is 0. The molecule has 2 heteroatoms. The Labute approximate surface area is 86.2 Å². The fourth-order valence-corrected chi connectivity index (χ4v) is 2.12. The van der Waals surface area contributed by atoms with E-state index in [0.29, 0.717) is 24.5 Å². The molecule has 0 spiro atoms. The minimum atomic E-state index is 0.270. The summed E-state index contributed by atoms with van der Waals surface area (Å²) >= 11 is 0. The van der Waals surface area contributed by atoms with Crippen LogP contribution in [0.3, 0.4) is 0 Å². The number of carbonyl (C=O) groups excluding carboxylic acids is 1. The molecule has 2 nitrogen and oxygen atoms in total. The van der Waals surface area contributed by atoms with Crippen molar-refractivity contribution in [3.05, 3.63) is 0 Å². The van der Waals surface area contributed by atoms with Crippen LogP contribution < -0.4 is 5.73 Å². The SMILES string of the molecule is C#CCCC(=O)C1CCC(CN)CC1. The first-order chi connectivity index (χ1) is 6.77. The van der Waals surface area contributed by atoms with Crippen LogP contribution in [-0.4, -0.2) is 12.3 Å². The van der Waals surface area contributed by atoms with E-state index >= 15 is 0 Å². The second-order valence-electron chi connectivity index (χ2n) is 4.12. The third-order valence-corrected chi connectivity index (χ3v) is 3.15. The number of Topliss-reactive ketones (excluding diaryl/α,β-unsaturated/α-hetero) is 1. The van der Waals surface area contributed by atoms with Crippen molar-refractivity contribution in [1.82, 2.24) is 0 Å². The number of hydrogen-bond acceptors (Lipinski definition) is 2. The largest absolute Gasteiger partial charge is 0.330 e. The summed E-state index contributed by atoms with van der Waals surface area (Å²) in [6, 6.07) is 0. The first-order valence-corrected chi connectivity index (χ1v) is 5.44. The van der Waals surface area contributed by atoms with Gasteiger partial charge in [-0.05, 0) is 38.1 Å². The lowest BCUT2D eigenvalue weighted by Crippen LogP contribution is -2.25. The molecule has 2 N–H and O–H groups in total. The molecule has 0 amide bonds. The minimum absolute atomic E-state index is 0.270. The minimum Gasteiger partial charge on any atom is -0.330 e. The zero-order valence-electron chi connectivity index (χ0n) is 8.67. The van der Waals surface area contributed by atoms with Gasteiger partial charge in [0, 0.05) is 18.8 Å². The summed E-state index contributed by atoms with van der Waals surface area (Å²) in [6.45, 7) is 0.769. The average Bonchev–Trinajstić information content (AvgIpc) is 2.26. The molecule has 1 aliphatic carbocycles. The molecule has 0 unspecified atom stereocenters. The Kier molecular flexibility index (Phi) is 4.69. The molecule has 0 radical (unpaired) electrons. The molecule has 0 heterocycles. The van der Waals surface area contributed by atoms with Crippen LogP contribution in [-0.2, 0) is 4.79 Å². The molecule has 0 aliphatic heterocycles. The lowest BCUT2D eigenvalue weighted by Gasteiger charge is -2.26. The molecule has 78 valence electrons. The van der Waals surface area contributed by atoms with E-state index in [9.17, 15) is 4.79 Å². The number of hydrogen-bond donors (Lipinski definition) is 1. The molecule has 1 rings (SSSR count). The van der Waals surface area contributed by atoms with Gasteiger partial charge >= 0.3 is 0 Å².